The molecule has 0 bridgehead atoms. The third-order valence-electron chi connectivity index (χ3n) is 4.29. The molecule has 3 N–H and O–H groups in total. The topological polar surface area (TPSA) is 93.9 Å². The summed E-state index contributed by atoms with van der Waals surface area (Å²) in [6.07, 6.45) is 1.44. The number of piperidine rings is 1. The monoisotopic (exact) mass is 335 g/mol. The molecule has 2 rings (SSSR count). The minimum atomic E-state index is -0.243. The predicted molar refractivity (Wildman–Crippen MR) is 89.8 cm³/mol. The summed E-state index contributed by atoms with van der Waals surface area (Å²) < 4.78 is 10.4. The van der Waals surface area contributed by atoms with E-state index in [-0.39, 0.29) is 17.7 Å². The fourth-order valence-corrected chi connectivity index (χ4v) is 2.83. The SMILES string of the molecule is COc1ccc(CNC(=O)CN2CCC(C(N)=O)CC2)cc1OC. The van der Waals surface area contributed by atoms with E-state index in [1.165, 1.54) is 0 Å². The molecule has 0 saturated carbocycles. The lowest BCUT2D eigenvalue weighted by Gasteiger charge is -2.29. The summed E-state index contributed by atoms with van der Waals surface area (Å²) >= 11 is 0. The Balaban J connectivity index is 1.78. The van der Waals surface area contributed by atoms with Crippen molar-refractivity contribution in [2.24, 2.45) is 11.7 Å². The molecule has 1 aromatic carbocycles. The van der Waals surface area contributed by atoms with Crippen LogP contribution in [0.2, 0.25) is 0 Å². The average molecular weight is 335 g/mol. The molecular weight excluding hydrogens is 310 g/mol. The van der Waals surface area contributed by atoms with Crippen LogP contribution in [0.1, 0.15) is 18.4 Å². The second-order valence-corrected chi connectivity index (χ2v) is 5.92. The van der Waals surface area contributed by atoms with Gasteiger partial charge in [0.15, 0.2) is 11.5 Å². The number of hydrogen-bond donors (Lipinski definition) is 2. The van der Waals surface area contributed by atoms with Gasteiger partial charge in [0.2, 0.25) is 11.8 Å². The van der Waals surface area contributed by atoms with Crippen molar-refractivity contribution in [2.45, 2.75) is 19.4 Å². The number of nitrogens with two attached hydrogens (primary N) is 1. The van der Waals surface area contributed by atoms with Gasteiger partial charge in [-0.05, 0) is 43.6 Å². The highest BCUT2D eigenvalue weighted by Crippen LogP contribution is 2.27. The van der Waals surface area contributed by atoms with Crippen LogP contribution in [-0.2, 0) is 16.1 Å². The van der Waals surface area contributed by atoms with E-state index in [1.54, 1.807) is 14.2 Å². The van der Waals surface area contributed by atoms with Crippen LogP contribution in [0.3, 0.4) is 0 Å². The van der Waals surface area contributed by atoms with Crippen molar-refractivity contribution in [1.82, 2.24) is 10.2 Å². The number of methoxy groups -OCH3 is 2. The Kier molecular flexibility index (Phi) is 6.43. The van der Waals surface area contributed by atoms with Crippen molar-refractivity contribution in [3.05, 3.63) is 23.8 Å². The first kappa shape index (κ1) is 18.1. The lowest BCUT2D eigenvalue weighted by Crippen LogP contribution is -2.43. The lowest BCUT2D eigenvalue weighted by atomic mass is 9.96. The number of nitrogens with zero attached hydrogens (tertiary/aromatic N) is 1. The number of hydrogen-bond acceptors (Lipinski definition) is 5. The zero-order chi connectivity index (χ0) is 17.5. The van der Waals surface area contributed by atoms with Gasteiger partial charge in [-0.25, -0.2) is 0 Å². The molecule has 7 nitrogen and oxygen atoms in total. The summed E-state index contributed by atoms with van der Waals surface area (Å²) in [5, 5.41) is 2.90. The highest BCUT2D eigenvalue weighted by Gasteiger charge is 2.24. The number of likely N-dealkylation sites (tertiary alicyclic amines) is 1. The van der Waals surface area contributed by atoms with Crippen molar-refractivity contribution in [3.8, 4) is 11.5 Å². The second-order valence-electron chi connectivity index (χ2n) is 5.92. The normalized spacial score (nSPS) is 15.8. The minimum absolute atomic E-state index is 0.0395. The van der Waals surface area contributed by atoms with Crippen LogP contribution in [0, 0.1) is 5.92 Å². The Morgan fingerprint density at radius 1 is 1.21 bits per heavy atom. The van der Waals surface area contributed by atoms with Crippen LogP contribution in [-0.4, -0.2) is 50.6 Å². The zero-order valence-corrected chi connectivity index (χ0v) is 14.2. The number of ether oxygens (including phenoxy) is 2. The van der Waals surface area contributed by atoms with Crippen LogP contribution < -0.4 is 20.5 Å². The molecule has 1 fully saturated rings. The molecule has 1 saturated heterocycles. The maximum absolute atomic E-state index is 12.1. The summed E-state index contributed by atoms with van der Waals surface area (Å²) in [6, 6.07) is 5.55. The van der Waals surface area contributed by atoms with E-state index in [4.69, 9.17) is 15.2 Å². The van der Waals surface area contributed by atoms with E-state index >= 15 is 0 Å². The fraction of sp³-hybridized carbons (Fsp3) is 0.529. The standard InChI is InChI=1S/C17H25N3O4/c1-23-14-4-3-12(9-15(14)24-2)10-19-16(21)11-20-7-5-13(6-8-20)17(18)22/h3-4,9,13H,5-8,10-11H2,1-2H3,(H2,18,22)(H,19,21). The number of carbonyl (C=O) groups excluding carboxylic acids is 2. The van der Waals surface area contributed by atoms with Crippen molar-refractivity contribution in [3.63, 3.8) is 0 Å². The van der Waals surface area contributed by atoms with Gasteiger partial charge in [0.25, 0.3) is 0 Å². The number of carbonyl (C=O) groups is 2. The maximum atomic E-state index is 12.1. The molecule has 0 aromatic heterocycles. The molecule has 0 atom stereocenters. The van der Waals surface area contributed by atoms with Gasteiger partial charge in [-0.3, -0.25) is 14.5 Å². The van der Waals surface area contributed by atoms with Gasteiger partial charge in [0.05, 0.1) is 20.8 Å². The van der Waals surface area contributed by atoms with E-state index < -0.39 is 0 Å². The molecule has 7 heteroatoms. The maximum Gasteiger partial charge on any atom is 0.234 e. The van der Waals surface area contributed by atoms with Gasteiger partial charge in [-0.15, -0.1) is 0 Å². The Labute approximate surface area is 142 Å². The largest absolute Gasteiger partial charge is 0.493 e. The number of benzene rings is 1. The molecule has 0 radical (unpaired) electrons. The number of primary amides is 1. The number of nitrogens with one attached hydrogen (secondary N) is 1. The molecule has 1 aliphatic rings. The third kappa shape index (κ3) is 4.86. The molecule has 24 heavy (non-hydrogen) atoms. The van der Waals surface area contributed by atoms with Crippen molar-refractivity contribution < 1.29 is 19.1 Å². The van der Waals surface area contributed by atoms with Crippen LogP contribution in [0.5, 0.6) is 11.5 Å². The predicted octanol–water partition coefficient (Wildman–Crippen LogP) is 0.517. The molecule has 1 aliphatic heterocycles. The first-order valence-electron chi connectivity index (χ1n) is 8.02. The summed E-state index contributed by atoms with van der Waals surface area (Å²) in [5.41, 5.74) is 6.25. The van der Waals surface area contributed by atoms with Gasteiger partial charge in [-0.1, -0.05) is 6.07 Å². The van der Waals surface area contributed by atoms with Crippen molar-refractivity contribution in [2.75, 3.05) is 33.9 Å². The fourth-order valence-electron chi connectivity index (χ4n) is 2.83. The van der Waals surface area contributed by atoms with E-state index in [9.17, 15) is 9.59 Å². The molecule has 1 aromatic rings. The summed E-state index contributed by atoms with van der Waals surface area (Å²) in [6.45, 7) is 2.20. The van der Waals surface area contributed by atoms with Crippen LogP contribution in [0.15, 0.2) is 18.2 Å². The lowest BCUT2D eigenvalue weighted by molar-refractivity contribution is -0.124. The molecule has 2 amide bonds. The van der Waals surface area contributed by atoms with Crippen LogP contribution in [0.25, 0.3) is 0 Å². The Bertz CT molecular complexity index is 583. The smallest absolute Gasteiger partial charge is 0.234 e. The quantitative estimate of drug-likeness (QED) is 0.757. The van der Waals surface area contributed by atoms with Crippen molar-refractivity contribution in [1.29, 1.82) is 0 Å². The molecule has 1 heterocycles. The first-order valence-corrected chi connectivity index (χ1v) is 8.02. The van der Waals surface area contributed by atoms with E-state index in [1.807, 2.05) is 23.1 Å². The Hall–Kier alpha value is -2.28. The summed E-state index contributed by atoms with van der Waals surface area (Å²) in [4.78, 5) is 25.3. The average Bonchev–Trinajstić information content (AvgIpc) is 2.60. The van der Waals surface area contributed by atoms with Gasteiger partial charge >= 0.3 is 0 Å². The van der Waals surface area contributed by atoms with Gasteiger partial charge in [-0.2, -0.15) is 0 Å². The van der Waals surface area contributed by atoms with E-state index in [0.717, 1.165) is 31.5 Å². The first-order chi connectivity index (χ1) is 11.5. The number of amides is 2. The number of rotatable bonds is 7. The second kappa shape index (κ2) is 8.54. The molecule has 0 unspecified atom stereocenters. The summed E-state index contributed by atoms with van der Waals surface area (Å²) in [7, 11) is 3.16. The zero-order valence-electron chi connectivity index (χ0n) is 14.2. The Morgan fingerprint density at radius 3 is 2.46 bits per heavy atom. The van der Waals surface area contributed by atoms with Gasteiger partial charge in [0, 0.05) is 12.5 Å². The van der Waals surface area contributed by atoms with Crippen LogP contribution >= 0.6 is 0 Å². The van der Waals surface area contributed by atoms with E-state index in [0.29, 0.717) is 24.6 Å². The summed E-state index contributed by atoms with van der Waals surface area (Å²) in [5.74, 6) is 0.952. The molecule has 132 valence electrons. The van der Waals surface area contributed by atoms with Crippen molar-refractivity contribution >= 4 is 11.8 Å². The Morgan fingerprint density at radius 2 is 1.88 bits per heavy atom. The molecule has 0 aliphatic carbocycles. The minimum Gasteiger partial charge on any atom is -0.493 e. The van der Waals surface area contributed by atoms with Gasteiger partial charge in [0.1, 0.15) is 0 Å². The highest BCUT2D eigenvalue weighted by molar-refractivity contribution is 5.78. The van der Waals surface area contributed by atoms with Crippen LogP contribution in [0.4, 0.5) is 0 Å². The molecular formula is C17H25N3O4. The van der Waals surface area contributed by atoms with Gasteiger partial charge < -0.3 is 20.5 Å². The third-order valence-corrected chi connectivity index (χ3v) is 4.29. The highest BCUT2D eigenvalue weighted by atomic mass is 16.5. The van der Waals surface area contributed by atoms with E-state index in [2.05, 4.69) is 5.32 Å². The molecule has 0 spiro atoms.